The number of aryl methyl sites for hydroxylation is 1. The van der Waals surface area contributed by atoms with Crippen LogP contribution in [0.25, 0.3) is 5.76 Å². The first kappa shape index (κ1) is 24.8. The molecule has 5 rings (SSSR count). The summed E-state index contributed by atoms with van der Waals surface area (Å²) in [4.78, 5) is 32.1. The zero-order valence-electron chi connectivity index (χ0n) is 21.0. The molecule has 190 valence electrons. The standard InChI is InChI=1S/C31H26N2O5/c1-20-18-23(8-13-26(20)38-19-21-6-4-3-5-7-21)29(34)27-28(22-14-16-32-17-15-22)33(31(36)30(27)35)24-9-11-25(37-2)12-10-24/h3-18,28,34H,19H2,1-2H3/b29-27-. The molecule has 0 bridgehead atoms. The second-order valence-corrected chi connectivity index (χ2v) is 8.90. The van der Waals surface area contributed by atoms with Crippen LogP contribution in [0.1, 0.15) is 28.3 Å². The molecule has 38 heavy (non-hydrogen) atoms. The summed E-state index contributed by atoms with van der Waals surface area (Å²) >= 11 is 0. The van der Waals surface area contributed by atoms with Gasteiger partial charge in [0.15, 0.2) is 0 Å². The van der Waals surface area contributed by atoms with Crippen LogP contribution in [0.5, 0.6) is 11.5 Å². The summed E-state index contributed by atoms with van der Waals surface area (Å²) in [5.74, 6) is -0.454. The minimum Gasteiger partial charge on any atom is -0.507 e. The van der Waals surface area contributed by atoms with Gasteiger partial charge in [0.2, 0.25) is 0 Å². The van der Waals surface area contributed by atoms with Crippen molar-refractivity contribution in [3.8, 4) is 11.5 Å². The molecule has 1 fully saturated rings. The molecular weight excluding hydrogens is 480 g/mol. The topological polar surface area (TPSA) is 89.0 Å². The number of rotatable bonds is 7. The summed E-state index contributed by atoms with van der Waals surface area (Å²) < 4.78 is 11.2. The van der Waals surface area contributed by atoms with Gasteiger partial charge in [-0.25, -0.2) is 0 Å². The molecule has 1 N–H and O–H groups in total. The van der Waals surface area contributed by atoms with Crippen molar-refractivity contribution in [3.63, 3.8) is 0 Å². The summed E-state index contributed by atoms with van der Waals surface area (Å²) in [7, 11) is 1.55. The third kappa shape index (κ3) is 4.74. The molecule has 1 aliphatic heterocycles. The average Bonchev–Trinajstić information content (AvgIpc) is 3.23. The van der Waals surface area contributed by atoms with Crippen LogP contribution < -0.4 is 14.4 Å². The number of carbonyl (C=O) groups excluding carboxylic acids is 2. The maximum atomic E-state index is 13.3. The number of aliphatic hydroxyl groups is 1. The lowest BCUT2D eigenvalue weighted by atomic mass is 9.95. The van der Waals surface area contributed by atoms with Gasteiger partial charge in [-0.1, -0.05) is 30.3 Å². The third-order valence-corrected chi connectivity index (χ3v) is 6.50. The fourth-order valence-corrected chi connectivity index (χ4v) is 4.55. The molecule has 1 saturated heterocycles. The first-order valence-electron chi connectivity index (χ1n) is 12.1. The molecule has 0 aliphatic carbocycles. The molecule has 1 aromatic heterocycles. The van der Waals surface area contributed by atoms with Gasteiger partial charge >= 0.3 is 0 Å². The van der Waals surface area contributed by atoms with E-state index in [1.54, 1.807) is 74.1 Å². The van der Waals surface area contributed by atoms with E-state index >= 15 is 0 Å². The van der Waals surface area contributed by atoms with Crippen LogP contribution in [-0.2, 0) is 16.2 Å². The lowest BCUT2D eigenvalue weighted by molar-refractivity contribution is -0.132. The van der Waals surface area contributed by atoms with Crippen molar-refractivity contribution in [2.24, 2.45) is 0 Å². The van der Waals surface area contributed by atoms with E-state index in [9.17, 15) is 14.7 Å². The highest BCUT2D eigenvalue weighted by molar-refractivity contribution is 6.51. The van der Waals surface area contributed by atoms with Crippen LogP contribution in [0.3, 0.4) is 0 Å². The van der Waals surface area contributed by atoms with E-state index in [1.165, 1.54) is 4.90 Å². The Balaban J connectivity index is 1.54. The Labute approximate surface area is 220 Å². The smallest absolute Gasteiger partial charge is 0.300 e. The number of aliphatic hydroxyl groups excluding tert-OH is 1. The molecule has 7 heteroatoms. The fourth-order valence-electron chi connectivity index (χ4n) is 4.55. The average molecular weight is 507 g/mol. The number of ether oxygens (including phenoxy) is 2. The molecular formula is C31H26N2O5. The molecule has 1 amide bonds. The predicted octanol–water partition coefficient (Wildman–Crippen LogP) is 5.60. The van der Waals surface area contributed by atoms with Gasteiger partial charge in [0, 0.05) is 23.6 Å². The van der Waals surface area contributed by atoms with E-state index in [4.69, 9.17) is 9.47 Å². The molecule has 1 atom stereocenters. The quantitative estimate of drug-likeness (QED) is 0.199. The van der Waals surface area contributed by atoms with E-state index < -0.39 is 17.7 Å². The summed E-state index contributed by atoms with van der Waals surface area (Å²) in [6, 6.07) is 24.5. The highest BCUT2D eigenvalue weighted by Crippen LogP contribution is 2.42. The van der Waals surface area contributed by atoms with Crippen LogP contribution in [0, 0.1) is 6.92 Å². The second-order valence-electron chi connectivity index (χ2n) is 8.90. The van der Waals surface area contributed by atoms with Crippen molar-refractivity contribution >= 4 is 23.1 Å². The highest BCUT2D eigenvalue weighted by atomic mass is 16.5. The number of Topliss-reactive ketones (excluding diaryl/α,β-unsaturated/α-hetero) is 1. The molecule has 2 heterocycles. The van der Waals surface area contributed by atoms with Crippen LogP contribution in [-0.4, -0.2) is 28.9 Å². The van der Waals surface area contributed by atoms with Gasteiger partial charge < -0.3 is 14.6 Å². The maximum Gasteiger partial charge on any atom is 0.300 e. The zero-order valence-corrected chi connectivity index (χ0v) is 21.0. The van der Waals surface area contributed by atoms with Gasteiger partial charge in [0.1, 0.15) is 23.9 Å². The Hall–Kier alpha value is -4.91. The first-order valence-corrected chi connectivity index (χ1v) is 12.1. The number of pyridine rings is 1. The molecule has 1 unspecified atom stereocenters. The number of benzene rings is 3. The molecule has 4 aromatic rings. The molecule has 0 saturated carbocycles. The van der Waals surface area contributed by atoms with Crippen molar-refractivity contribution < 1.29 is 24.2 Å². The number of anilines is 1. The minimum absolute atomic E-state index is 0.00868. The second kappa shape index (κ2) is 10.6. The van der Waals surface area contributed by atoms with Gasteiger partial charge in [-0.3, -0.25) is 19.5 Å². The van der Waals surface area contributed by atoms with Crippen LogP contribution in [0.4, 0.5) is 5.69 Å². The van der Waals surface area contributed by atoms with E-state index in [-0.39, 0.29) is 11.3 Å². The van der Waals surface area contributed by atoms with Crippen molar-refractivity contribution in [2.45, 2.75) is 19.6 Å². The summed E-state index contributed by atoms with van der Waals surface area (Å²) in [5, 5.41) is 11.4. The van der Waals surface area contributed by atoms with Crippen molar-refractivity contribution in [1.82, 2.24) is 4.98 Å². The molecule has 1 aliphatic rings. The van der Waals surface area contributed by atoms with Gasteiger partial charge in [0.05, 0.1) is 18.7 Å². The monoisotopic (exact) mass is 506 g/mol. The number of nitrogens with zero attached hydrogens (tertiary/aromatic N) is 2. The third-order valence-electron chi connectivity index (χ3n) is 6.50. The van der Waals surface area contributed by atoms with Gasteiger partial charge in [-0.05, 0) is 78.2 Å². The Kier molecular flexibility index (Phi) is 6.91. The lowest BCUT2D eigenvalue weighted by Gasteiger charge is -2.25. The Bertz CT molecular complexity index is 1500. The number of aromatic nitrogens is 1. The Morgan fingerprint density at radius 2 is 1.66 bits per heavy atom. The minimum atomic E-state index is -0.833. The van der Waals surface area contributed by atoms with Crippen LogP contribution in [0.2, 0.25) is 0 Å². The number of methoxy groups -OCH3 is 1. The number of hydrogen-bond acceptors (Lipinski definition) is 6. The summed E-state index contributed by atoms with van der Waals surface area (Å²) in [6.45, 7) is 2.27. The van der Waals surface area contributed by atoms with E-state index in [0.29, 0.717) is 34.9 Å². The zero-order chi connectivity index (χ0) is 26.6. The van der Waals surface area contributed by atoms with E-state index in [2.05, 4.69) is 4.98 Å². The lowest BCUT2D eigenvalue weighted by Crippen LogP contribution is -2.29. The highest BCUT2D eigenvalue weighted by Gasteiger charge is 2.47. The fraction of sp³-hybridized carbons (Fsp3) is 0.129. The van der Waals surface area contributed by atoms with Crippen molar-refractivity contribution in [2.75, 3.05) is 12.0 Å². The van der Waals surface area contributed by atoms with Crippen LogP contribution in [0.15, 0.2) is 103 Å². The number of ketones is 1. The van der Waals surface area contributed by atoms with E-state index in [1.807, 2.05) is 37.3 Å². The Morgan fingerprint density at radius 1 is 0.947 bits per heavy atom. The first-order chi connectivity index (χ1) is 18.5. The van der Waals surface area contributed by atoms with Crippen molar-refractivity contribution in [1.29, 1.82) is 0 Å². The Morgan fingerprint density at radius 3 is 2.32 bits per heavy atom. The van der Waals surface area contributed by atoms with Gasteiger partial charge in [0.25, 0.3) is 11.7 Å². The SMILES string of the molecule is COc1ccc(N2C(=O)C(=O)/C(=C(\O)c3ccc(OCc4ccccc4)c(C)c3)C2c2ccncc2)cc1. The molecule has 0 spiro atoms. The maximum absolute atomic E-state index is 13.3. The van der Waals surface area contributed by atoms with Crippen molar-refractivity contribution in [3.05, 3.63) is 125 Å². The largest absolute Gasteiger partial charge is 0.507 e. The van der Waals surface area contributed by atoms with E-state index in [0.717, 1.165) is 11.1 Å². The van der Waals surface area contributed by atoms with Gasteiger partial charge in [-0.2, -0.15) is 0 Å². The predicted molar refractivity (Wildman–Crippen MR) is 144 cm³/mol. The molecule has 7 nitrogen and oxygen atoms in total. The number of hydrogen-bond donors (Lipinski definition) is 1. The normalized spacial score (nSPS) is 16.5. The molecule has 0 radical (unpaired) electrons. The summed E-state index contributed by atoms with van der Waals surface area (Å²) in [6.07, 6.45) is 3.18. The number of carbonyl (C=O) groups is 2. The number of amides is 1. The van der Waals surface area contributed by atoms with Crippen LogP contribution >= 0.6 is 0 Å². The molecule has 3 aromatic carbocycles. The summed E-state index contributed by atoms with van der Waals surface area (Å²) in [5.41, 5.74) is 3.41. The van der Waals surface area contributed by atoms with Gasteiger partial charge in [-0.15, -0.1) is 0 Å².